The highest BCUT2D eigenvalue weighted by Gasteiger charge is 2.33. The molecule has 2 aliphatic rings. The number of methoxy groups -OCH3 is 1. The fraction of sp³-hybridized carbons (Fsp3) is 0.909. The van der Waals surface area contributed by atoms with Crippen LogP contribution < -0.4 is 0 Å². The number of hydrogen-bond acceptors (Lipinski definition) is 4. The molecule has 0 spiro atoms. The largest absolute Gasteiger partial charge is 0.469 e. The van der Waals surface area contributed by atoms with Crippen molar-refractivity contribution in [2.24, 2.45) is 0 Å². The summed E-state index contributed by atoms with van der Waals surface area (Å²) in [5, 5.41) is 0. The van der Waals surface area contributed by atoms with Crippen LogP contribution in [0.4, 0.5) is 0 Å². The van der Waals surface area contributed by atoms with Crippen molar-refractivity contribution in [2.45, 2.75) is 31.8 Å². The number of nitrogens with zero attached hydrogens (tertiary/aromatic N) is 2. The summed E-state index contributed by atoms with van der Waals surface area (Å²) in [7, 11) is 1.47. The van der Waals surface area contributed by atoms with Gasteiger partial charge in [-0.2, -0.15) is 0 Å². The highest BCUT2D eigenvalue weighted by Crippen LogP contribution is 2.23. The van der Waals surface area contributed by atoms with E-state index in [0.717, 1.165) is 19.5 Å². The summed E-state index contributed by atoms with van der Waals surface area (Å²) in [5.41, 5.74) is 0. The number of hydrogen-bond donors (Lipinski definition) is 0. The smallest absolute Gasteiger partial charge is 0.307 e. The Labute approximate surface area is 91.2 Å². The minimum Gasteiger partial charge on any atom is -0.469 e. The number of carbonyl (C=O) groups is 1. The number of esters is 1. The molecule has 86 valence electrons. The van der Waals surface area contributed by atoms with Crippen LogP contribution in [0.2, 0.25) is 0 Å². The second kappa shape index (κ2) is 4.49. The number of ether oxygens (including phenoxy) is 1. The number of carbonyl (C=O) groups excluding carboxylic acids is 1. The standard InChI is InChI=1S/C11H20N2O2/c1-9(12-3-4-12)7-10(13-5-6-13)8-11(14)15-2/h9-10H,3-8H2,1-2H3. The van der Waals surface area contributed by atoms with Crippen LogP contribution in [0, 0.1) is 0 Å². The second-order valence-corrected chi connectivity index (χ2v) is 4.59. The fourth-order valence-corrected chi connectivity index (χ4v) is 2.10. The first-order valence-corrected chi connectivity index (χ1v) is 5.75. The third kappa shape index (κ3) is 3.18. The summed E-state index contributed by atoms with van der Waals surface area (Å²) in [5.74, 6) is -0.0788. The monoisotopic (exact) mass is 212 g/mol. The highest BCUT2D eigenvalue weighted by atomic mass is 16.5. The molecule has 0 saturated carbocycles. The SMILES string of the molecule is COC(=O)CC(CC(C)N1CC1)N1CC1. The third-order valence-electron chi connectivity index (χ3n) is 3.35. The Morgan fingerprint density at radius 1 is 1.27 bits per heavy atom. The maximum absolute atomic E-state index is 11.3. The van der Waals surface area contributed by atoms with Crippen molar-refractivity contribution in [2.75, 3.05) is 33.3 Å². The molecule has 2 aliphatic heterocycles. The average Bonchev–Trinajstić information content (AvgIpc) is 3.06. The van der Waals surface area contributed by atoms with Crippen LogP contribution in [0.1, 0.15) is 19.8 Å². The maximum atomic E-state index is 11.3. The van der Waals surface area contributed by atoms with E-state index in [1.807, 2.05) is 0 Å². The molecule has 0 bridgehead atoms. The lowest BCUT2D eigenvalue weighted by Gasteiger charge is -2.21. The van der Waals surface area contributed by atoms with Crippen molar-refractivity contribution in [1.82, 2.24) is 9.80 Å². The lowest BCUT2D eigenvalue weighted by atomic mass is 10.1. The van der Waals surface area contributed by atoms with Gasteiger partial charge in [-0.25, -0.2) is 0 Å². The molecular formula is C11H20N2O2. The van der Waals surface area contributed by atoms with Crippen molar-refractivity contribution in [3.63, 3.8) is 0 Å². The lowest BCUT2D eigenvalue weighted by Crippen LogP contribution is -2.30. The predicted octanol–water partition coefficient (Wildman–Crippen LogP) is 0.328. The van der Waals surface area contributed by atoms with Crippen LogP contribution in [-0.4, -0.2) is 61.1 Å². The molecule has 2 saturated heterocycles. The molecule has 0 amide bonds. The fourth-order valence-electron chi connectivity index (χ4n) is 2.10. The Kier molecular flexibility index (Phi) is 3.26. The second-order valence-electron chi connectivity index (χ2n) is 4.59. The highest BCUT2D eigenvalue weighted by molar-refractivity contribution is 5.69. The maximum Gasteiger partial charge on any atom is 0.307 e. The summed E-state index contributed by atoms with van der Waals surface area (Å²) in [6, 6.07) is 1.01. The van der Waals surface area contributed by atoms with Crippen molar-refractivity contribution in [3.05, 3.63) is 0 Å². The van der Waals surface area contributed by atoms with Crippen molar-refractivity contribution in [3.8, 4) is 0 Å². The van der Waals surface area contributed by atoms with E-state index >= 15 is 0 Å². The zero-order valence-corrected chi connectivity index (χ0v) is 9.61. The van der Waals surface area contributed by atoms with Crippen molar-refractivity contribution < 1.29 is 9.53 Å². The molecule has 0 N–H and O–H groups in total. The molecule has 15 heavy (non-hydrogen) atoms. The summed E-state index contributed by atoms with van der Waals surface area (Å²) in [6.07, 6.45) is 1.64. The van der Waals surface area contributed by atoms with E-state index < -0.39 is 0 Å². The topological polar surface area (TPSA) is 32.3 Å². The molecule has 0 aromatic heterocycles. The Morgan fingerprint density at radius 3 is 2.33 bits per heavy atom. The van der Waals surface area contributed by atoms with Gasteiger partial charge in [0.1, 0.15) is 0 Å². The Balaban J connectivity index is 1.79. The van der Waals surface area contributed by atoms with Gasteiger partial charge in [0.05, 0.1) is 13.5 Å². The summed E-state index contributed by atoms with van der Waals surface area (Å²) >= 11 is 0. The third-order valence-corrected chi connectivity index (χ3v) is 3.35. The van der Waals surface area contributed by atoms with Gasteiger partial charge in [0, 0.05) is 38.3 Å². The van der Waals surface area contributed by atoms with Crippen LogP contribution in [0.5, 0.6) is 0 Å². The minimum atomic E-state index is -0.0788. The zero-order chi connectivity index (χ0) is 10.8. The van der Waals surface area contributed by atoms with E-state index in [1.165, 1.54) is 20.2 Å². The van der Waals surface area contributed by atoms with Gasteiger partial charge in [0.25, 0.3) is 0 Å². The molecule has 0 aliphatic carbocycles. The van der Waals surface area contributed by atoms with E-state index in [2.05, 4.69) is 16.7 Å². The molecule has 0 aromatic rings. The molecule has 4 heteroatoms. The molecule has 2 unspecified atom stereocenters. The van der Waals surface area contributed by atoms with Crippen LogP contribution >= 0.6 is 0 Å². The predicted molar refractivity (Wildman–Crippen MR) is 57.6 cm³/mol. The Morgan fingerprint density at radius 2 is 1.87 bits per heavy atom. The molecule has 2 rings (SSSR count). The lowest BCUT2D eigenvalue weighted by molar-refractivity contribution is -0.141. The van der Waals surface area contributed by atoms with Gasteiger partial charge in [-0.15, -0.1) is 0 Å². The minimum absolute atomic E-state index is 0.0788. The molecule has 2 atom stereocenters. The van der Waals surface area contributed by atoms with Gasteiger partial charge in [0.15, 0.2) is 0 Å². The molecule has 0 radical (unpaired) electrons. The number of rotatable bonds is 6. The zero-order valence-electron chi connectivity index (χ0n) is 9.61. The summed E-state index contributed by atoms with van der Waals surface area (Å²) < 4.78 is 4.74. The first-order chi connectivity index (χ1) is 7.20. The van der Waals surface area contributed by atoms with E-state index in [4.69, 9.17) is 4.74 Å². The summed E-state index contributed by atoms with van der Waals surface area (Å²) in [6.45, 7) is 7.00. The van der Waals surface area contributed by atoms with Gasteiger partial charge in [0.2, 0.25) is 0 Å². The molecule has 0 aromatic carbocycles. The van der Waals surface area contributed by atoms with Gasteiger partial charge >= 0.3 is 5.97 Å². The first kappa shape index (κ1) is 10.9. The van der Waals surface area contributed by atoms with Gasteiger partial charge in [-0.3, -0.25) is 14.6 Å². The van der Waals surface area contributed by atoms with E-state index in [-0.39, 0.29) is 5.97 Å². The van der Waals surface area contributed by atoms with Crippen LogP contribution in [0.25, 0.3) is 0 Å². The van der Waals surface area contributed by atoms with Crippen molar-refractivity contribution >= 4 is 5.97 Å². The first-order valence-electron chi connectivity index (χ1n) is 5.75. The van der Waals surface area contributed by atoms with E-state index in [9.17, 15) is 4.79 Å². The van der Waals surface area contributed by atoms with Crippen LogP contribution in [0.3, 0.4) is 0 Å². The Hall–Kier alpha value is -0.610. The quantitative estimate of drug-likeness (QED) is 0.469. The molecule has 2 heterocycles. The molecule has 2 fully saturated rings. The molecular weight excluding hydrogens is 192 g/mol. The normalized spacial score (nSPS) is 24.7. The summed E-state index contributed by atoms with van der Waals surface area (Å²) in [4.78, 5) is 16.1. The van der Waals surface area contributed by atoms with Gasteiger partial charge < -0.3 is 4.74 Å². The average molecular weight is 212 g/mol. The van der Waals surface area contributed by atoms with Crippen LogP contribution in [0.15, 0.2) is 0 Å². The van der Waals surface area contributed by atoms with Crippen LogP contribution in [-0.2, 0) is 9.53 Å². The van der Waals surface area contributed by atoms with Crippen molar-refractivity contribution in [1.29, 1.82) is 0 Å². The Bertz CT molecular complexity index is 237. The molecule has 4 nitrogen and oxygen atoms in total. The van der Waals surface area contributed by atoms with Gasteiger partial charge in [-0.1, -0.05) is 0 Å². The van der Waals surface area contributed by atoms with E-state index in [1.54, 1.807) is 0 Å². The van der Waals surface area contributed by atoms with E-state index in [0.29, 0.717) is 18.5 Å². The van der Waals surface area contributed by atoms with Gasteiger partial charge in [-0.05, 0) is 13.3 Å².